The first-order valence-corrected chi connectivity index (χ1v) is 9.14. The number of benzene rings is 1. The zero-order valence-electron chi connectivity index (χ0n) is 13.4. The molecule has 2 aliphatic rings. The summed E-state index contributed by atoms with van der Waals surface area (Å²) in [6.45, 7) is 6.84. The zero-order valence-corrected chi connectivity index (χ0v) is 14.2. The Hall–Kier alpha value is -0.960. The molecule has 0 bridgehead atoms. The molecule has 1 aliphatic heterocycles. The predicted octanol–water partition coefficient (Wildman–Crippen LogP) is 5.27. The fraction of sp³-hybridized carbons (Fsp3) is 0.611. The summed E-state index contributed by atoms with van der Waals surface area (Å²) in [5, 5.41) is 4.65. The van der Waals surface area contributed by atoms with Gasteiger partial charge in [0.25, 0.3) is 0 Å². The normalized spacial score (nSPS) is 29.0. The number of hydrogen-bond donors (Lipinski definition) is 1. The molecule has 1 fully saturated rings. The Morgan fingerprint density at radius 3 is 3.00 bits per heavy atom. The molecule has 3 rings (SSSR count). The summed E-state index contributed by atoms with van der Waals surface area (Å²) >= 11 is 1.90. The van der Waals surface area contributed by atoms with E-state index in [1.165, 1.54) is 36.9 Å². The Kier molecular flexibility index (Phi) is 4.30. The van der Waals surface area contributed by atoms with Crippen LogP contribution >= 0.6 is 11.8 Å². The molecule has 1 N–H and O–H groups in total. The van der Waals surface area contributed by atoms with Gasteiger partial charge in [-0.15, -0.1) is 0 Å². The second kappa shape index (κ2) is 6.04. The molecular weight excluding hydrogens is 276 g/mol. The lowest BCUT2D eigenvalue weighted by Crippen LogP contribution is -2.33. The van der Waals surface area contributed by atoms with E-state index in [9.17, 15) is 0 Å². The standard InChI is InChI=1S/C18H26N2S/c1-13(2)15-7-4-8-16(10-15)19-17-20-18(12-21-17)9-5-6-14(3)11-18/h4,7-8,10,13-14H,5-6,9,11-12H2,1-3H3,(H,19,20). The SMILES string of the molecule is CC1CCCC2(CSC(Nc3cccc(C(C)C)c3)=N2)C1. The highest BCUT2D eigenvalue weighted by molar-refractivity contribution is 8.14. The van der Waals surface area contributed by atoms with Crippen molar-refractivity contribution in [1.82, 2.24) is 0 Å². The van der Waals surface area contributed by atoms with Gasteiger partial charge in [0.2, 0.25) is 0 Å². The molecular formula is C18H26N2S. The maximum Gasteiger partial charge on any atom is 0.161 e. The second-order valence-corrected chi connectivity index (χ2v) is 8.00. The van der Waals surface area contributed by atoms with Gasteiger partial charge in [-0.2, -0.15) is 0 Å². The Morgan fingerprint density at radius 1 is 1.38 bits per heavy atom. The number of rotatable bonds is 2. The number of amidine groups is 1. The highest BCUT2D eigenvalue weighted by Gasteiger charge is 2.39. The summed E-state index contributed by atoms with van der Waals surface area (Å²) in [4.78, 5) is 5.07. The third-order valence-electron chi connectivity index (χ3n) is 4.69. The number of nitrogens with one attached hydrogen (secondary N) is 1. The van der Waals surface area contributed by atoms with Crippen LogP contribution in [0, 0.1) is 5.92 Å². The lowest BCUT2D eigenvalue weighted by molar-refractivity contribution is 0.266. The van der Waals surface area contributed by atoms with Crippen molar-refractivity contribution in [1.29, 1.82) is 0 Å². The molecule has 3 heteroatoms. The Morgan fingerprint density at radius 2 is 2.24 bits per heavy atom. The average Bonchev–Trinajstić information content (AvgIpc) is 2.81. The third kappa shape index (κ3) is 3.45. The molecule has 2 nitrogen and oxygen atoms in total. The number of aliphatic imine (C=N–C) groups is 1. The fourth-order valence-corrected chi connectivity index (χ4v) is 4.69. The number of thioether (sulfide) groups is 1. The van der Waals surface area contributed by atoms with Crippen molar-refractivity contribution < 1.29 is 0 Å². The van der Waals surface area contributed by atoms with Gasteiger partial charge in [-0.1, -0.05) is 57.5 Å². The van der Waals surface area contributed by atoms with E-state index in [2.05, 4.69) is 50.4 Å². The maximum atomic E-state index is 5.07. The van der Waals surface area contributed by atoms with E-state index in [1.54, 1.807) is 0 Å². The van der Waals surface area contributed by atoms with E-state index in [4.69, 9.17) is 4.99 Å². The minimum Gasteiger partial charge on any atom is -0.335 e. The Labute approximate surface area is 132 Å². The van der Waals surface area contributed by atoms with Gasteiger partial charge in [0.15, 0.2) is 5.17 Å². The van der Waals surface area contributed by atoms with Crippen LogP contribution in [-0.4, -0.2) is 16.5 Å². The maximum absolute atomic E-state index is 5.07. The van der Waals surface area contributed by atoms with Crippen LogP contribution in [0.4, 0.5) is 5.69 Å². The summed E-state index contributed by atoms with van der Waals surface area (Å²) in [5.41, 5.74) is 2.78. The van der Waals surface area contributed by atoms with Crippen LogP contribution in [0.1, 0.15) is 57.9 Å². The fourth-order valence-electron chi connectivity index (χ4n) is 3.51. The summed E-state index contributed by atoms with van der Waals surface area (Å²) < 4.78 is 0. The van der Waals surface area contributed by atoms with Crippen molar-refractivity contribution in [2.45, 2.75) is 57.9 Å². The smallest absolute Gasteiger partial charge is 0.161 e. The van der Waals surface area contributed by atoms with Crippen LogP contribution in [0.15, 0.2) is 29.3 Å². The van der Waals surface area contributed by atoms with Crippen molar-refractivity contribution in [3.8, 4) is 0 Å². The molecule has 1 saturated carbocycles. The molecule has 0 saturated heterocycles. The van der Waals surface area contributed by atoms with Gasteiger partial charge in [0.05, 0.1) is 5.54 Å². The molecule has 21 heavy (non-hydrogen) atoms. The Balaban J connectivity index is 1.72. The number of nitrogens with zero attached hydrogens (tertiary/aromatic N) is 1. The van der Waals surface area contributed by atoms with Crippen LogP contribution in [0.2, 0.25) is 0 Å². The summed E-state index contributed by atoms with van der Waals surface area (Å²) in [6, 6.07) is 8.73. The lowest BCUT2D eigenvalue weighted by atomic mass is 9.78. The van der Waals surface area contributed by atoms with Gasteiger partial charge >= 0.3 is 0 Å². The molecule has 1 spiro atoms. The molecule has 1 aromatic rings. The summed E-state index contributed by atoms with van der Waals surface area (Å²) in [7, 11) is 0. The van der Waals surface area contributed by atoms with E-state index in [0.717, 1.165) is 16.8 Å². The van der Waals surface area contributed by atoms with Gasteiger partial charge in [-0.05, 0) is 42.4 Å². The monoisotopic (exact) mass is 302 g/mol. The molecule has 2 atom stereocenters. The largest absolute Gasteiger partial charge is 0.335 e. The topological polar surface area (TPSA) is 24.4 Å². The third-order valence-corrected chi connectivity index (χ3v) is 5.84. The summed E-state index contributed by atoms with van der Waals surface area (Å²) in [6.07, 6.45) is 5.24. The zero-order chi connectivity index (χ0) is 14.9. The number of anilines is 1. The van der Waals surface area contributed by atoms with Crippen molar-refractivity contribution in [3.63, 3.8) is 0 Å². The van der Waals surface area contributed by atoms with Gasteiger partial charge < -0.3 is 5.32 Å². The predicted molar refractivity (Wildman–Crippen MR) is 94.4 cm³/mol. The minimum absolute atomic E-state index is 0.223. The molecule has 114 valence electrons. The summed E-state index contributed by atoms with van der Waals surface area (Å²) in [5.74, 6) is 2.55. The van der Waals surface area contributed by atoms with Gasteiger partial charge in [-0.25, -0.2) is 0 Å². The van der Waals surface area contributed by atoms with Crippen LogP contribution in [-0.2, 0) is 0 Å². The lowest BCUT2D eigenvalue weighted by Gasteiger charge is -2.33. The number of hydrogen-bond acceptors (Lipinski definition) is 3. The van der Waals surface area contributed by atoms with Crippen LogP contribution in [0.25, 0.3) is 0 Å². The molecule has 0 radical (unpaired) electrons. The molecule has 1 heterocycles. The molecule has 1 aliphatic carbocycles. The van der Waals surface area contributed by atoms with Crippen LogP contribution in [0.3, 0.4) is 0 Å². The van der Waals surface area contributed by atoms with E-state index in [1.807, 2.05) is 11.8 Å². The molecule has 1 aromatic carbocycles. The van der Waals surface area contributed by atoms with Crippen LogP contribution in [0.5, 0.6) is 0 Å². The van der Waals surface area contributed by atoms with E-state index >= 15 is 0 Å². The van der Waals surface area contributed by atoms with Crippen molar-refractivity contribution in [3.05, 3.63) is 29.8 Å². The van der Waals surface area contributed by atoms with Crippen LogP contribution < -0.4 is 5.32 Å². The Bertz CT molecular complexity index is 538. The van der Waals surface area contributed by atoms with E-state index in [0.29, 0.717) is 5.92 Å². The quantitative estimate of drug-likeness (QED) is 0.804. The highest BCUT2D eigenvalue weighted by atomic mass is 32.2. The van der Waals surface area contributed by atoms with Crippen molar-refractivity contribution in [2.75, 3.05) is 11.1 Å². The second-order valence-electron chi connectivity index (χ2n) is 7.04. The minimum atomic E-state index is 0.223. The average molecular weight is 302 g/mol. The van der Waals surface area contributed by atoms with Crippen molar-refractivity contribution >= 4 is 22.6 Å². The first-order valence-electron chi connectivity index (χ1n) is 8.16. The first kappa shape index (κ1) is 15.0. The van der Waals surface area contributed by atoms with Gasteiger partial charge in [-0.3, -0.25) is 4.99 Å². The first-order chi connectivity index (χ1) is 10.1. The van der Waals surface area contributed by atoms with Crippen molar-refractivity contribution in [2.24, 2.45) is 10.9 Å². The van der Waals surface area contributed by atoms with E-state index < -0.39 is 0 Å². The van der Waals surface area contributed by atoms with Gasteiger partial charge in [0.1, 0.15) is 0 Å². The molecule has 0 aromatic heterocycles. The van der Waals surface area contributed by atoms with Gasteiger partial charge in [0, 0.05) is 11.4 Å². The molecule has 2 unspecified atom stereocenters. The molecule has 0 amide bonds. The highest BCUT2D eigenvalue weighted by Crippen LogP contribution is 2.42. The van der Waals surface area contributed by atoms with E-state index in [-0.39, 0.29) is 5.54 Å².